The molecule has 0 aliphatic rings. The average molecular weight is 189 g/mol. The standard InChI is InChI=1S/C8H9ClOS/c9-7-3-1-6(2-4-7)8(10)5-11/h1-4,8,10-11H,5H2. The third-order valence-corrected chi connectivity index (χ3v) is 2.03. The highest BCUT2D eigenvalue weighted by Gasteiger charge is 2.02. The van der Waals surface area contributed by atoms with Crippen LogP contribution in [0.5, 0.6) is 0 Å². The van der Waals surface area contributed by atoms with Crippen LogP contribution >= 0.6 is 24.2 Å². The van der Waals surface area contributed by atoms with Crippen molar-refractivity contribution in [2.24, 2.45) is 0 Å². The maximum Gasteiger partial charge on any atom is 0.0877 e. The van der Waals surface area contributed by atoms with Crippen LogP contribution in [0.25, 0.3) is 0 Å². The average Bonchev–Trinajstić information content (AvgIpc) is 2.05. The molecule has 0 saturated heterocycles. The molecule has 1 aromatic rings. The lowest BCUT2D eigenvalue weighted by Gasteiger charge is -2.06. The van der Waals surface area contributed by atoms with Gasteiger partial charge in [-0.15, -0.1) is 0 Å². The fourth-order valence-corrected chi connectivity index (χ4v) is 1.13. The minimum absolute atomic E-state index is 0.432. The summed E-state index contributed by atoms with van der Waals surface area (Å²) in [4.78, 5) is 0. The SMILES string of the molecule is OC(CS)c1ccc(Cl)cc1. The molecule has 0 bridgehead atoms. The Bertz CT molecular complexity index is 222. The Balaban J connectivity index is 2.81. The number of hydrogen-bond acceptors (Lipinski definition) is 2. The van der Waals surface area contributed by atoms with E-state index in [1.807, 2.05) is 0 Å². The predicted molar refractivity (Wildman–Crippen MR) is 50.3 cm³/mol. The van der Waals surface area contributed by atoms with Crippen molar-refractivity contribution in [1.82, 2.24) is 0 Å². The molecule has 0 aliphatic heterocycles. The van der Waals surface area contributed by atoms with Gasteiger partial charge in [0.05, 0.1) is 6.10 Å². The van der Waals surface area contributed by atoms with Crippen molar-refractivity contribution >= 4 is 24.2 Å². The monoisotopic (exact) mass is 188 g/mol. The molecule has 1 unspecified atom stereocenters. The highest BCUT2D eigenvalue weighted by Crippen LogP contribution is 2.16. The molecule has 0 amide bonds. The summed E-state index contributed by atoms with van der Waals surface area (Å²) in [5.41, 5.74) is 0.851. The molecule has 1 rings (SSSR count). The summed E-state index contributed by atoms with van der Waals surface area (Å²) in [6, 6.07) is 7.10. The number of benzene rings is 1. The molecule has 1 atom stereocenters. The first-order chi connectivity index (χ1) is 5.24. The van der Waals surface area contributed by atoms with E-state index in [1.54, 1.807) is 24.3 Å². The second-order valence-corrected chi connectivity index (χ2v) is 3.05. The third-order valence-electron chi connectivity index (χ3n) is 1.43. The van der Waals surface area contributed by atoms with E-state index in [0.29, 0.717) is 10.8 Å². The summed E-state index contributed by atoms with van der Waals surface area (Å²) in [5, 5.41) is 9.98. The van der Waals surface area contributed by atoms with Gasteiger partial charge in [0.2, 0.25) is 0 Å². The first-order valence-corrected chi connectivity index (χ1v) is 4.29. The number of rotatable bonds is 2. The zero-order valence-corrected chi connectivity index (χ0v) is 7.52. The first kappa shape index (κ1) is 8.91. The molecule has 0 aliphatic carbocycles. The minimum Gasteiger partial charge on any atom is -0.388 e. The van der Waals surface area contributed by atoms with Gasteiger partial charge in [-0.2, -0.15) is 12.6 Å². The van der Waals surface area contributed by atoms with E-state index < -0.39 is 6.10 Å². The van der Waals surface area contributed by atoms with Crippen LogP contribution in [0, 0.1) is 0 Å². The maximum atomic E-state index is 9.30. The Labute approximate surface area is 76.4 Å². The van der Waals surface area contributed by atoms with Crippen LogP contribution in [0.15, 0.2) is 24.3 Å². The van der Waals surface area contributed by atoms with Crippen LogP contribution < -0.4 is 0 Å². The molecular weight excluding hydrogens is 180 g/mol. The summed E-state index contributed by atoms with van der Waals surface area (Å²) in [6.07, 6.45) is -0.490. The molecular formula is C8H9ClOS. The molecule has 3 heteroatoms. The van der Waals surface area contributed by atoms with Crippen LogP contribution in [0.3, 0.4) is 0 Å². The minimum atomic E-state index is -0.490. The van der Waals surface area contributed by atoms with Crippen molar-refractivity contribution in [1.29, 1.82) is 0 Å². The number of hydrogen-bond donors (Lipinski definition) is 2. The Morgan fingerprint density at radius 3 is 2.36 bits per heavy atom. The summed E-state index contributed by atoms with van der Waals surface area (Å²) in [5.74, 6) is 0.432. The van der Waals surface area contributed by atoms with E-state index in [9.17, 15) is 5.11 Å². The normalized spacial score (nSPS) is 13.0. The van der Waals surface area contributed by atoms with Gasteiger partial charge in [-0.05, 0) is 17.7 Å². The van der Waals surface area contributed by atoms with Gasteiger partial charge in [-0.1, -0.05) is 23.7 Å². The molecule has 0 spiro atoms. The molecule has 1 nitrogen and oxygen atoms in total. The smallest absolute Gasteiger partial charge is 0.0877 e. The van der Waals surface area contributed by atoms with Gasteiger partial charge in [0.1, 0.15) is 0 Å². The van der Waals surface area contributed by atoms with E-state index in [-0.39, 0.29) is 0 Å². The predicted octanol–water partition coefficient (Wildman–Crippen LogP) is 2.30. The van der Waals surface area contributed by atoms with E-state index in [1.165, 1.54) is 0 Å². The quantitative estimate of drug-likeness (QED) is 0.683. The zero-order chi connectivity index (χ0) is 8.27. The number of halogens is 1. The molecule has 0 fully saturated rings. The molecule has 60 valence electrons. The molecule has 0 heterocycles. The summed E-state index contributed by atoms with van der Waals surface area (Å²) in [6.45, 7) is 0. The largest absolute Gasteiger partial charge is 0.388 e. The van der Waals surface area contributed by atoms with Gasteiger partial charge in [0, 0.05) is 10.8 Å². The highest BCUT2D eigenvalue weighted by molar-refractivity contribution is 7.80. The van der Waals surface area contributed by atoms with Gasteiger partial charge >= 0.3 is 0 Å². The Hall–Kier alpha value is -0.180. The number of aliphatic hydroxyl groups excluding tert-OH is 1. The molecule has 1 N–H and O–H groups in total. The lowest BCUT2D eigenvalue weighted by molar-refractivity contribution is 0.204. The van der Waals surface area contributed by atoms with Crippen LogP contribution in [0.4, 0.5) is 0 Å². The van der Waals surface area contributed by atoms with Crippen molar-refractivity contribution < 1.29 is 5.11 Å². The van der Waals surface area contributed by atoms with Crippen molar-refractivity contribution in [2.45, 2.75) is 6.10 Å². The molecule has 1 aromatic carbocycles. The topological polar surface area (TPSA) is 20.2 Å². The lowest BCUT2D eigenvalue weighted by Crippen LogP contribution is -1.97. The van der Waals surface area contributed by atoms with Gasteiger partial charge < -0.3 is 5.11 Å². The molecule has 0 radical (unpaired) electrons. The summed E-state index contributed by atoms with van der Waals surface area (Å²) in [7, 11) is 0. The molecule has 11 heavy (non-hydrogen) atoms. The van der Waals surface area contributed by atoms with Crippen LogP contribution in [-0.2, 0) is 0 Å². The van der Waals surface area contributed by atoms with Crippen LogP contribution in [-0.4, -0.2) is 10.9 Å². The maximum absolute atomic E-state index is 9.30. The van der Waals surface area contributed by atoms with Gasteiger partial charge in [0.25, 0.3) is 0 Å². The highest BCUT2D eigenvalue weighted by atomic mass is 35.5. The second kappa shape index (κ2) is 4.00. The lowest BCUT2D eigenvalue weighted by atomic mass is 10.1. The van der Waals surface area contributed by atoms with E-state index in [2.05, 4.69) is 12.6 Å². The summed E-state index contributed by atoms with van der Waals surface area (Å²) < 4.78 is 0. The second-order valence-electron chi connectivity index (χ2n) is 2.25. The third kappa shape index (κ3) is 2.40. The Morgan fingerprint density at radius 2 is 1.91 bits per heavy atom. The van der Waals surface area contributed by atoms with Crippen molar-refractivity contribution in [3.8, 4) is 0 Å². The van der Waals surface area contributed by atoms with Crippen molar-refractivity contribution in [2.75, 3.05) is 5.75 Å². The number of aliphatic hydroxyl groups is 1. The van der Waals surface area contributed by atoms with Crippen molar-refractivity contribution in [3.63, 3.8) is 0 Å². The zero-order valence-electron chi connectivity index (χ0n) is 5.87. The van der Waals surface area contributed by atoms with E-state index in [4.69, 9.17) is 11.6 Å². The fourth-order valence-electron chi connectivity index (χ4n) is 0.790. The van der Waals surface area contributed by atoms with E-state index in [0.717, 1.165) is 5.56 Å². The molecule has 0 aromatic heterocycles. The van der Waals surface area contributed by atoms with Crippen LogP contribution in [0.2, 0.25) is 5.02 Å². The first-order valence-electron chi connectivity index (χ1n) is 3.28. The van der Waals surface area contributed by atoms with Crippen LogP contribution in [0.1, 0.15) is 11.7 Å². The molecule has 0 saturated carbocycles. The van der Waals surface area contributed by atoms with E-state index >= 15 is 0 Å². The van der Waals surface area contributed by atoms with Gasteiger partial charge in [-0.3, -0.25) is 0 Å². The Morgan fingerprint density at radius 1 is 1.36 bits per heavy atom. The van der Waals surface area contributed by atoms with Gasteiger partial charge in [0.15, 0.2) is 0 Å². The Kier molecular flexibility index (Phi) is 3.24. The van der Waals surface area contributed by atoms with Gasteiger partial charge in [-0.25, -0.2) is 0 Å². The van der Waals surface area contributed by atoms with Crippen molar-refractivity contribution in [3.05, 3.63) is 34.9 Å². The summed E-state index contributed by atoms with van der Waals surface area (Å²) >= 11 is 9.63. The fraction of sp³-hybridized carbons (Fsp3) is 0.250. The number of thiol groups is 1.